The topological polar surface area (TPSA) is 67.8 Å². The Morgan fingerprint density at radius 2 is 2.22 bits per heavy atom. The van der Waals surface area contributed by atoms with Gasteiger partial charge < -0.3 is 19.9 Å². The van der Waals surface area contributed by atoms with Crippen LogP contribution in [-0.2, 0) is 11.3 Å². The first-order chi connectivity index (χ1) is 8.58. The molecule has 2 N–H and O–H groups in total. The summed E-state index contributed by atoms with van der Waals surface area (Å²) in [7, 11) is 1.53. The van der Waals surface area contributed by atoms with E-state index in [-0.39, 0.29) is 6.54 Å². The minimum atomic E-state index is -0.904. The molecule has 1 rings (SSSR count). The maximum atomic E-state index is 10.4. The SMILES string of the molecule is CCOc1c(Cl)cc(CNCC(=O)O)cc1OC. The van der Waals surface area contributed by atoms with Crippen molar-refractivity contribution in [3.8, 4) is 11.5 Å². The number of methoxy groups -OCH3 is 1. The summed E-state index contributed by atoms with van der Waals surface area (Å²) < 4.78 is 10.6. The number of carboxylic acids is 1. The quantitative estimate of drug-likeness (QED) is 0.794. The van der Waals surface area contributed by atoms with Crippen molar-refractivity contribution in [1.29, 1.82) is 0 Å². The summed E-state index contributed by atoms with van der Waals surface area (Å²) in [6.45, 7) is 2.65. The molecule has 0 fully saturated rings. The monoisotopic (exact) mass is 273 g/mol. The fourth-order valence-electron chi connectivity index (χ4n) is 1.47. The predicted molar refractivity (Wildman–Crippen MR) is 68.5 cm³/mol. The van der Waals surface area contributed by atoms with E-state index in [0.29, 0.717) is 29.7 Å². The van der Waals surface area contributed by atoms with E-state index in [4.69, 9.17) is 26.2 Å². The molecule has 5 nitrogen and oxygen atoms in total. The number of nitrogens with one attached hydrogen (secondary N) is 1. The van der Waals surface area contributed by atoms with Crippen LogP contribution < -0.4 is 14.8 Å². The molecule has 100 valence electrons. The minimum Gasteiger partial charge on any atom is -0.493 e. The zero-order valence-corrected chi connectivity index (χ0v) is 11.1. The van der Waals surface area contributed by atoms with Gasteiger partial charge in [-0.3, -0.25) is 4.79 Å². The molecule has 0 atom stereocenters. The highest BCUT2D eigenvalue weighted by Gasteiger charge is 2.11. The molecule has 18 heavy (non-hydrogen) atoms. The van der Waals surface area contributed by atoms with Crippen molar-refractivity contribution in [3.63, 3.8) is 0 Å². The first kappa shape index (κ1) is 14.6. The Morgan fingerprint density at radius 1 is 1.50 bits per heavy atom. The summed E-state index contributed by atoms with van der Waals surface area (Å²) in [4.78, 5) is 10.4. The van der Waals surface area contributed by atoms with Gasteiger partial charge in [-0.1, -0.05) is 11.6 Å². The van der Waals surface area contributed by atoms with Gasteiger partial charge in [-0.05, 0) is 24.6 Å². The van der Waals surface area contributed by atoms with E-state index in [1.807, 2.05) is 6.92 Å². The Bertz CT molecular complexity index is 423. The van der Waals surface area contributed by atoms with Crippen molar-refractivity contribution in [2.45, 2.75) is 13.5 Å². The van der Waals surface area contributed by atoms with Gasteiger partial charge in [-0.25, -0.2) is 0 Å². The molecule has 0 unspecified atom stereocenters. The lowest BCUT2D eigenvalue weighted by atomic mass is 10.2. The number of carbonyl (C=O) groups is 1. The van der Waals surface area contributed by atoms with Crippen molar-refractivity contribution < 1.29 is 19.4 Å². The summed E-state index contributed by atoms with van der Waals surface area (Å²) in [5.41, 5.74) is 0.835. The molecule has 1 aromatic carbocycles. The maximum Gasteiger partial charge on any atom is 0.317 e. The third kappa shape index (κ3) is 4.09. The molecule has 0 radical (unpaired) electrons. The molecule has 0 amide bonds. The average molecular weight is 274 g/mol. The summed E-state index contributed by atoms with van der Waals surface area (Å²) in [6.07, 6.45) is 0. The Kier molecular flexibility index (Phi) is 5.74. The van der Waals surface area contributed by atoms with Gasteiger partial charge in [0.2, 0.25) is 0 Å². The molecule has 0 heterocycles. The van der Waals surface area contributed by atoms with Crippen LogP contribution in [0.2, 0.25) is 5.02 Å². The van der Waals surface area contributed by atoms with Gasteiger partial charge >= 0.3 is 5.97 Å². The molecule has 0 saturated carbocycles. The van der Waals surface area contributed by atoms with Crippen LogP contribution in [0.25, 0.3) is 0 Å². The third-order valence-corrected chi connectivity index (χ3v) is 2.46. The number of hydrogen-bond donors (Lipinski definition) is 2. The van der Waals surface area contributed by atoms with Crippen LogP contribution in [-0.4, -0.2) is 31.3 Å². The van der Waals surface area contributed by atoms with Crippen LogP contribution >= 0.6 is 11.6 Å². The van der Waals surface area contributed by atoms with Gasteiger partial charge in [0, 0.05) is 6.54 Å². The van der Waals surface area contributed by atoms with Gasteiger partial charge in [0.1, 0.15) is 0 Å². The van der Waals surface area contributed by atoms with Crippen LogP contribution in [0.1, 0.15) is 12.5 Å². The third-order valence-electron chi connectivity index (χ3n) is 2.18. The average Bonchev–Trinajstić information content (AvgIpc) is 2.31. The lowest BCUT2D eigenvalue weighted by Gasteiger charge is -2.13. The molecular formula is C12H16ClNO4. The Morgan fingerprint density at radius 3 is 2.78 bits per heavy atom. The second-order valence-electron chi connectivity index (χ2n) is 3.54. The van der Waals surface area contributed by atoms with E-state index in [2.05, 4.69) is 5.32 Å². The Labute approximate surface area is 111 Å². The summed E-state index contributed by atoms with van der Waals surface area (Å²) in [6, 6.07) is 3.50. The number of rotatable bonds is 7. The molecule has 0 saturated heterocycles. The van der Waals surface area contributed by atoms with E-state index >= 15 is 0 Å². The minimum absolute atomic E-state index is 0.104. The highest BCUT2D eigenvalue weighted by Crippen LogP contribution is 2.36. The molecular weight excluding hydrogens is 258 g/mol. The van der Waals surface area contributed by atoms with Crippen LogP contribution in [0.4, 0.5) is 0 Å². The maximum absolute atomic E-state index is 10.4. The van der Waals surface area contributed by atoms with Gasteiger partial charge in [-0.15, -0.1) is 0 Å². The van der Waals surface area contributed by atoms with Crippen LogP contribution in [0.3, 0.4) is 0 Å². The van der Waals surface area contributed by atoms with Crippen molar-refractivity contribution in [3.05, 3.63) is 22.7 Å². The van der Waals surface area contributed by atoms with Crippen LogP contribution in [0.15, 0.2) is 12.1 Å². The van der Waals surface area contributed by atoms with Crippen molar-refractivity contribution in [1.82, 2.24) is 5.32 Å². The fraction of sp³-hybridized carbons (Fsp3) is 0.417. The van der Waals surface area contributed by atoms with E-state index in [1.54, 1.807) is 12.1 Å². The Balaban J connectivity index is 2.82. The molecule has 0 spiro atoms. The van der Waals surface area contributed by atoms with Crippen molar-refractivity contribution in [2.24, 2.45) is 0 Å². The summed E-state index contributed by atoms with van der Waals surface area (Å²) in [5, 5.41) is 11.8. The number of ether oxygens (including phenoxy) is 2. The molecule has 1 aromatic rings. The largest absolute Gasteiger partial charge is 0.493 e. The van der Waals surface area contributed by atoms with Gasteiger partial charge in [0.05, 0.1) is 25.3 Å². The number of aliphatic carboxylic acids is 1. The molecule has 0 aromatic heterocycles. The van der Waals surface area contributed by atoms with E-state index in [0.717, 1.165) is 5.56 Å². The van der Waals surface area contributed by atoms with E-state index < -0.39 is 5.97 Å². The number of halogens is 1. The summed E-state index contributed by atoms with van der Waals surface area (Å²) in [5.74, 6) is 0.138. The van der Waals surface area contributed by atoms with Crippen LogP contribution in [0, 0.1) is 0 Å². The van der Waals surface area contributed by atoms with Crippen molar-refractivity contribution >= 4 is 17.6 Å². The lowest BCUT2D eigenvalue weighted by molar-refractivity contribution is -0.135. The molecule has 0 aliphatic rings. The first-order valence-electron chi connectivity index (χ1n) is 5.50. The standard InChI is InChI=1S/C12H16ClNO4/c1-3-18-12-9(13)4-8(5-10(12)17-2)6-14-7-11(15)16/h4-5,14H,3,6-7H2,1-2H3,(H,15,16). The lowest BCUT2D eigenvalue weighted by Crippen LogP contribution is -2.21. The summed E-state index contributed by atoms with van der Waals surface area (Å²) >= 11 is 6.08. The highest BCUT2D eigenvalue weighted by atomic mass is 35.5. The predicted octanol–water partition coefficient (Wildman–Crippen LogP) is 1.92. The van der Waals surface area contributed by atoms with Gasteiger partial charge in [0.15, 0.2) is 11.5 Å². The Hall–Kier alpha value is -1.46. The zero-order valence-electron chi connectivity index (χ0n) is 10.3. The van der Waals surface area contributed by atoms with E-state index in [1.165, 1.54) is 7.11 Å². The molecule has 0 aliphatic heterocycles. The second kappa shape index (κ2) is 7.08. The van der Waals surface area contributed by atoms with Gasteiger partial charge in [0.25, 0.3) is 0 Å². The zero-order chi connectivity index (χ0) is 13.5. The normalized spacial score (nSPS) is 10.2. The second-order valence-corrected chi connectivity index (χ2v) is 3.95. The highest BCUT2D eigenvalue weighted by molar-refractivity contribution is 6.32. The molecule has 0 aliphatic carbocycles. The molecule has 0 bridgehead atoms. The fourth-order valence-corrected chi connectivity index (χ4v) is 1.76. The smallest absolute Gasteiger partial charge is 0.317 e. The molecule has 6 heteroatoms. The van der Waals surface area contributed by atoms with Gasteiger partial charge in [-0.2, -0.15) is 0 Å². The number of benzene rings is 1. The number of carboxylic acid groups (broad SMARTS) is 1. The van der Waals surface area contributed by atoms with E-state index in [9.17, 15) is 4.79 Å². The first-order valence-corrected chi connectivity index (χ1v) is 5.88. The van der Waals surface area contributed by atoms with Crippen molar-refractivity contribution in [2.75, 3.05) is 20.3 Å². The van der Waals surface area contributed by atoms with Crippen LogP contribution in [0.5, 0.6) is 11.5 Å². The number of hydrogen-bond acceptors (Lipinski definition) is 4.